The second-order valence-corrected chi connectivity index (χ2v) is 6.51. The third-order valence-corrected chi connectivity index (χ3v) is 4.90. The summed E-state index contributed by atoms with van der Waals surface area (Å²) in [5, 5.41) is 13.3. The molecule has 1 amide bonds. The highest BCUT2D eigenvalue weighted by Crippen LogP contribution is 2.26. The fourth-order valence-corrected chi connectivity index (χ4v) is 3.78. The zero-order valence-electron chi connectivity index (χ0n) is 13.4. The van der Waals surface area contributed by atoms with E-state index in [9.17, 15) is 4.79 Å². The summed E-state index contributed by atoms with van der Waals surface area (Å²) in [6.07, 6.45) is 4.05. The molecule has 2 heterocycles. The first-order chi connectivity index (χ1) is 10.6. The number of aliphatic hydroxyl groups is 1. The molecule has 0 saturated carbocycles. The van der Waals surface area contributed by atoms with Crippen LogP contribution in [0, 0.1) is 0 Å². The van der Waals surface area contributed by atoms with Crippen LogP contribution in [-0.4, -0.2) is 64.3 Å². The Morgan fingerprint density at radius 3 is 2.64 bits per heavy atom. The third kappa shape index (κ3) is 2.77. The third-order valence-electron chi connectivity index (χ3n) is 4.90. The van der Waals surface area contributed by atoms with Crippen molar-refractivity contribution in [1.82, 2.24) is 15.0 Å². The van der Waals surface area contributed by atoms with Gasteiger partial charge in [-0.25, -0.2) is 0 Å². The number of fused-ring (bicyclic) bond motifs is 1. The minimum absolute atomic E-state index is 0.0296. The molecular formula is C16H25N3O3. The maximum Gasteiger partial charge on any atom is 0.292 e. The van der Waals surface area contributed by atoms with Crippen LogP contribution in [0.1, 0.15) is 48.5 Å². The van der Waals surface area contributed by atoms with Gasteiger partial charge in [0.05, 0.1) is 12.3 Å². The van der Waals surface area contributed by atoms with Crippen LogP contribution in [0.2, 0.25) is 0 Å². The molecular weight excluding hydrogens is 282 g/mol. The minimum Gasteiger partial charge on any atom is -0.395 e. The fourth-order valence-electron chi connectivity index (χ4n) is 3.78. The molecule has 0 unspecified atom stereocenters. The molecule has 1 saturated heterocycles. The molecule has 1 N–H and O–H groups in total. The van der Waals surface area contributed by atoms with Gasteiger partial charge in [-0.15, -0.1) is 0 Å². The van der Waals surface area contributed by atoms with Crippen LogP contribution >= 0.6 is 0 Å². The summed E-state index contributed by atoms with van der Waals surface area (Å²) in [6, 6.07) is 0.470. The Bertz CT molecular complexity index is 531. The fraction of sp³-hybridized carbons (Fsp3) is 0.750. The van der Waals surface area contributed by atoms with Crippen molar-refractivity contribution in [1.29, 1.82) is 0 Å². The number of nitrogens with zero attached hydrogens (tertiary/aromatic N) is 3. The van der Waals surface area contributed by atoms with E-state index in [1.807, 2.05) is 4.90 Å². The second-order valence-electron chi connectivity index (χ2n) is 6.51. The molecule has 0 aromatic carbocycles. The van der Waals surface area contributed by atoms with Crippen molar-refractivity contribution < 1.29 is 14.4 Å². The Balaban J connectivity index is 1.75. The van der Waals surface area contributed by atoms with Gasteiger partial charge in [-0.1, -0.05) is 5.16 Å². The van der Waals surface area contributed by atoms with Crippen molar-refractivity contribution in [2.75, 3.05) is 26.2 Å². The first-order valence-corrected chi connectivity index (χ1v) is 8.25. The minimum atomic E-state index is -0.0296. The lowest BCUT2D eigenvalue weighted by Gasteiger charge is -2.44. The van der Waals surface area contributed by atoms with Crippen molar-refractivity contribution in [2.24, 2.45) is 0 Å². The number of hydrogen-bond acceptors (Lipinski definition) is 5. The Hall–Kier alpha value is -1.40. The van der Waals surface area contributed by atoms with Crippen molar-refractivity contribution in [3.8, 4) is 0 Å². The van der Waals surface area contributed by atoms with Gasteiger partial charge in [-0.05, 0) is 39.5 Å². The molecule has 1 aliphatic heterocycles. The lowest BCUT2D eigenvalue weighted by atomic mass is 9.95. The van der Waals surface area contributed by atoms with E-state index < -0.39 is 0 Å². The Morgan fingerprint density at radius 2 is 1.95 bits per heavy atom. The average Bonchev–Trinajstić information content (AvgIpc) is 2.94. The molecule has 6 nitrogen and oxygen atoms in total. The van der Waals surface area contributed by atoms with Crippen LogP contribution in [0.25, 0.3) is 0 Å². The number of amides is 1. The highest BCUT2D eigenvalue weighted by molar-refractivity contribution is 5.93. The Kier molecular flexibility index (Phi) is 4.49. The predicted molar refractivity (Wildman–Crippen MR) is 81.8 cm³/mol. The van der Waals surface area contributed by atoms with Crippen molar-refractivity contribution in [3.63, 3.8) is 0 Å². The number of hydrogen-bond donors (Lipinski definition) is 1. The molecule has 1 aromatic rings. The summed E-state index contributed by atoms with van der Waals surface area (Å²) in [5.74, 6) is 0.419. The molecule has 1 aromatic heterocycles. The zero-order valence-corrected chi connectivity index (χ0v) is 13.4. The van der Waals surface area contributed by atoms with E-state index in [1.54, 1.807) is 0 Å². The summed E-state index contributed by atoms with van der Waals surface area (Å²) in [5.41, 5.74) is 1.99. The number of aromatic nitrogens is 1. The summed E-state index contributed by atoms with van der Waals surface area (Å²) in [6.45, 7) is 6.33. The van der Waals surface area contributed by atoms with Gasteiger partial charge in [0.2, 0.25) is 5.76 Å². The number of β-amino-alcohol motifs (C(OH)–C–C–N with tert-alkyl or cyclic N) is 1. The van der Waals surface area contributed by atoms with E-state index in [4.69, 9.17) is 9.63 Å². The van der Waals surface area contributed by atoms with Crippen molar-refractivity contribution in [3.05, 3.63) is 17.0 Å². The van der Waals surface area contributed by atoms with Crippen LogP contribution in [-0.2, 0) is 12.8 Å². The highest BCUT2D eigenvalue weighted by Gasteiger charge is 2.35. The van der Waals surface area contributed by atoms with Crippen LogP contribution in [0.5, 0.6) is 0 Å². The number of rotatable bonds is 3. The SMILES string of the molecule is C[C@@H]1CN(C(=O)c2onc3c2CCCC3)C[C@H](C)N1CCO. The average molecular weight is 307 g/mol. The second kappa shape index (κ2) is 6.38. The molecule has 0 spiro atoms. The first kappa shape index (κ1) is 15.5. The normalized spacial score (nSPS) is 26.0. The topological polar surface area (TPSA) is 69.8 Å². The standard InChI is InChI=1S/C16H25N3O3/c1-11-9-18(10-12(2)19(11)7-8-20)16(21)15-13-5-3-4-6-14(13)17-22-15/h11-12,20H,3-10H2,1-2H3/t11-,12+. The highest BCUT2D eigenvalue weighted by atomic mass is 16.5. The number of carbonyl (C=O) groups excluding carboxylic acids is 1. The summed E-state index contributed by atoms with van der Waals surface area (Å²) in [4.78, 5) is 16.9. The molecule has 1 aliphatic carbocycles. The van der Waals surface area contributed by atoms with E-state index in [1.165, 1.54) is 0 Å². The zero-order chi connectivity index (χ0) is 15.7. The van der Waals surface area contributed by atoms with Gasteiger partial charge in [-0.2, -0.15) is 0 Å². The first-order valence-electron chi connectivity index (χ1n) is 8.25. The predicted octanol–water partition coefficient (Wildman–Crippen LogP) is 1.08. The summed E-state index contributed by atoms with van der Waals surface area (Å²) in [7, 11) is 0. The molecule has 1 fully saturated rings. The number of piperazine rings is 1. The van der Waals surface area contributed by atoms with Gasteiger partial charge < -0.3 is 14.5 Å². The smallest absolute Gasteiger partial charge is 0.292 e. The number of aliphatic hydroxyl groups excluding tert-OH is 1. The molecule has 2 atom stereocenters. The lowest BCUT2D eigenvalue weighted by molar-refractivity contribution is 0.0213. The van der Waals surface area contributed by atoms with Gasteiger partial charge in [0.15, 0.2) is 0 Å². The van der Waals surface area contributed by atoms with Crippen LogP contribution in [0.15, 0.2) is 4.52 Å². The summed E-state index contributed by atoms with van der Waals surface area (Å²) < 4.78 is 5.38. The quantitative estimate of drug-likeness (QED) is 0.905. The maximum absolute atomic E-state index is 12.8. The van der Waals surface area contributed by atoms with Crippen molar-refractivity contribution in [2.45, 2.75) is 51.6 Å². The van der Waals surface area contributed by atoms with Gasteiger partial charge in [0, 0.05) is 37.3 Å². The van der Waals surface area contributed by atoms with Crippen molar-refractivity contribution >= 4 is 5.91 Å². The van der Waals surface area contributed by atoms with Gasteiger partial charge >= 0.3 is 0 Å². The number of carbonyl (C=O) groups is 1. The van der Waals surface area contributed by atoms with Crippen LogP contribution < -0.4 is 0 Å². The van der Waals surface area contributed by atoms with Crippen LogP contribution in [0.3, 0.4) is 0 Å². The summed E-state index contributed by atoms with van der Waals surface area (Å²) >= 11 is 0. The monoisotopic (exact) mass is 307 g/mol. The van der Waals surface area contributed by atoms with Gasteiger partial charge in [-0.3, -0.25) is 9.69 Å². The van der Waals surface area contributed by atoms with E-state index in [0.717, 1.165) is 36.9 Å². The molecule has 3 rings (SSSR count). The van der Waals surface area contributed by atoms with Gasteiger partial charge in [0.1, 0.15) is 0 Å². The number of aryl methyl sites for hydroxylation is 1. The van der Waals surface area contributed by atoms with Crippen LogP contribution in [0.4, 0.5) is 0 Å². The van der Waals surface area contributed by atoms with Gasteiger partial charge in [0.25, 0.3) is 5.91 Å². The Labute approximate surface area is 131 Å². The lowest BCUT2D eigenvalue weighted by Crippen LogP contribution is -2.58. The molecule has 122 valence electrons. The van der Waals surface area contributed by atoms with E-state index in [0.29, 0.717) is 25.4 Å². The molecule has 22 heavy (non-hydrogen) atoms. The van der Waals surface area contributed by atoms with E-state index in [2.05, 4.69) is 23.9 Å². The molecule has 0 radical (unpaired) electrons. The largest absolute Gasteiger partial charge is 0.395 e. The van der Waals surface area contributed by atoms with E-state index >= 15 is 0 Å². The Morgan fingerprint density at radius 1 is 1.27 bits per heavy atom. The molecule has 2 aliphatic rings. The molecule has 0 bridgehead atoms. The molecule has 6 heteroatoms. The van der Waals surface area contributed by atoms with E-state index in [-0.39, 0.29) is 24.6 Å². The maximum atomic E-state index is 12.8.